The van der Waals surface area contributed by atoms with Crippen LogP contribution in [0.25, 0.3) is 5.65 Å². The number of fused-ring (bicyclic) bond motifs is 1. The van der Waals surface area contributed by atoms with Gasteiger partial charge < -0.3 is 5.73 Å². The molecule has 1 fully saturated rings. The molecule has 2 N–H and O–H groups in total. The third kappa shape index (κ3) is 1.56. The van der Waals surface area contributed by atoms with Crippen molar-refractivity contribution < 1.29 is 0 Å². The van der Waals surface area contributed by atoms with Gasteiger partial charge in [-0.2, -0.15) is 4.52 Å². The summed E-state index contributed by atoms with van der Waals surface area (Å²) in [6.07, 6.45) is 6.72. The molecule has 1 atom stereocenters. The molecule has 0 amide bonds. The van der Waals surface area contributed by atoms with Gasteiger partial charge in [0.25, 0.3) is 0 Å². The molecule has 0 saturated heterocycles. The maximum Gasteiger partial charge on any atom is 0.197 e. The zero-order valence-electron chi connectivity index (χ0n) is 8.24. The molecule has 0 bridgehead atoms. The predicted molar refractivity (Wildman–Crippen MR) is 53.0 cm³/mol. The van der Waals surface area contributed by atoms with E-state index in [1.807, 2.05) is 0 Å². The van der Waals surface area contributed by atoms with E-state index in [0.717, 1.165) is 12.1 Å². The lowest BCUT2D eigenvalue weighted by atomic mass is 10.1. The van der Waals surface area contributed by atoms with E-state index in [4.69, 9.17) is 5.73 Å². The Hall–Kier alpha value is -1.56. The molecule has 78 valence electrons. The van der Waals surface area contributed by atoms with Crippen LogP contribution in [-0.4, -0.2) is 31.1 Å². The lowest BCUT2D eigenvalue weighted by Gasteiger charge is -2.09. The Balaban J connectivity index is 1.92. The van der Waals surface area contributed by atoms with Gasteiger partial charge in [-0.1, -0.05) is 0 Å². The average Bonchev–Trinajstić information content (AvgIpc) is 2.97. The third-order valence-corrected chi connectivity index (χ3v) is 2.85. The van der Waals surface area contributed by atoms with E-state index in [2.05, 4.69) is 20.5 Å². The van der Waals surface area contributed by atoms with Crippen LogP contribution in [0.3, 0.4) is 0 Å². The van der Waals surface area contributed by atoms with Gasteiger partial charge in [-0.25, -0.2) is 0 Å². The Morgan fingerprint density at radius 3 is 3.13 bits per heavy atom. The monoisotopic (exact) mass is 204 g/mol. The van der Waals surface area contributed by atoms with E-state index in [1.54, 1.807) is 16.9 Å². The van der Waals surface area contributed by atoms with E-state index in [9.17, 15) is 0 Å². The summed E-state index contributed by atoms with van der Waals surface area (Å²) >= 11 is 0. The molecule has 15 heavy (non-hydrogen) atoms. The molecule has 1 aliphatic carbocycles. The van der Waals surface area contributed by atoms with Crippen LogP contribution in [0.2, 0.25) is 0 Å². The van der Waals surface area contributed by atoms with Gasteiger partial charge in [-0.05, 0) is 29.2 Å². The van der Waals surface area contributed by atoms with Crippen LogP contribution in [0.5, 0.6) is 0 Å². The zero-order valence-corrected chi connectivity index (χ0v) is 8.24. The predicted octanol–water partition coefficient (Wildman–Crippen LogP) is -0.201. The largest absolute Gasteiger partial charge is 0.327 e. The van der Waals surface area contributed by atoms with E-state index in [-0.39, 0.29) is 6.04 Å². The molecule has 3 rings (SSSR count). The molecule has 0 aliphatic heterocycles. The van der Waals surface area contributed by atoms with Crippen LogP contribution >= 0.6 is 0 Å². The summed E-state index contributed by atoms with van der Waals surface area (Å²) in [5.41, 5.74) is 7.72. The smallest absolute Gasteiger partial charge is 0.197 e. The molecule has 6 heteroatoms. The molecule has 1 saturated carbocycles. The third-order valence-electron chi connectivity index (χ3n) is 2.85. The van der Waals surface area contributed by atoms with Gasteiger partial charge in [0, 0.05) is 18.7 Å². The molecule has 2 aromatic heterocycles. The summed E-state index contributed by atoms with van der Waals surface area (Å²) < 4.78 is 1.70. The van der Waals surface area contributed by atoms with Crippen molar-refractivity contribution in [2.45, 2.75) is 25.3 Å². The van der Waals surface area contributed by atoms with Gasteiger partial charge in [-0.3, -0.25) is 4.98 Å². The molecule has 1 aliphatic rings. The van der Waals surface area contributed by atoms with Crippen LogP contribution in [0, 0.1) is 5.92 Å². The van der Waals surface area contributed by atoms with Crippen molar-refractivity contribution in [1.82, 2.24) is 25.0 Å². The maximum absolute atomic E-state index is 6.06. The van der Waals surface area contributed by atoms with Crippen LogP contribution < -0.4 is 5.73 Å². The minimum absolute atomic E-state index is 0.210. The Kier molecular flexibility index (Phi) is 1.88. The number of rotatable bonds is 3. The summed E-state index contributed by atoms with van der Waals surface area (Å²) in [4.78, 5) is 4.10. The summed E-state index contributed by atoms with van der Waals surface area (Å²) in [5.74, 6) is 0.678. The molecular formula is C9H12N6. The Morgan fingerprint density at radius 1 is 1.47 bits per heavy atom. The fraction of sp³-hybridized carbons (Fsp3) is 0.556. The summed E-state index contributed by atoms with van der Waals surface area (Å²) in [6.45, 7) is 0. The molecule has 0 spiro atoms. The highest BCUT2D eigenvalue weighted by molar-refractivity contribution is 5.32. The van der Waals surface area contributed by atoms with Crippen molar-refractivity contribution in [3.63, 3.8) is 0 Å². The maximum atomic E-state index is 6.06. The number of nitrogens with two attached hydrogens (primary N) is 1. The lowest BCUT2D eigenvalue weighted by molar-refractivity contribution is 0.572. The molecule has 0 aromatic carbocycles. The first kappa shape index (κ1) is 8.72. The number of aromatic nitrogens is 5. The van der Waals surface area contributed by atoms with E-state index in [0.29, 0.717) is 11.6 Å². The number of tetrazole rings is 1. The zero-order chi connectivity index (χ0) is 10.3. The highest BCUT2D eigenvalue weighted by Crippen LogP contribution is 2.32. The van der Waals surface area contributed by atoms with Crippen LogP contribution in [0.1, 0.15) is 18.5 Å². The van der Waals surface area contributed by atoms with Gasteiger partial charge in [0.1, 0.15) is 0 Å². The van der Waals surface area contributed by atoms with Gasteiger partial charge in [-0.15, -0.1) is 5.10 Å². The fourth-order valence-electron chi connectivity index (χ4n) is 1.80. The first-order valence-electron chi connectivity index (χ1n) is 5.11. The normalized spacial score (nSPS) is 18.2. The van der Waals surface area contributed by atoms with Crippen molar-refractivity contribution in [1.29, 1.82) is 0 Å². The molecular weight excluding hydrogens is 192 g/mol. The van der Waals surface area contributed by atoms with E-state index >= 15 is 0 Å². The lowest BCUT2D eigenvalue weighted by Crippen LogP contribution is -2.26. The van der Waals surface area contributed by atoms with Crippen LogP contribution in [0.4, 0.5) is 0 Å². The standard InChI is InChI=1S/C9H12N6/c10-8(6-1-2-6)3-7-4-11-5-9-12-13-14-15(7)9/h4-6,8H,1-3,10H2. The minimum Gasteiger partial charge on any atom is -0.327 e. The van der Waals surface area contributed by atoms with Gasteiger partial charge in [0.2, 0.25) is 0 Å². The number of hydrogen-bond donors (Lipinski definition) is 1. The summed E-state index contributed by atoms with van der Waals surface area (Å²) in [6, 6.07) is 0.210. The first-order chi connectivity index (χ1) is 7.34. The van der Waals surface area contributed by atoms with Crippen molar-refractivity contribution in [3.8, 4) is 0 Å². The van der Waals surface area contributed by atoms with Crippen molar-refractivity contribution in [3.05, 3.63) is 18.1 Å². The SMILES string of the molecule is NC(Cc1cncc2nnnn12)C1CC1. The summed E-state index contributed by atoms with van der Waals surface area (Å²) in [7, 11) is 0. The van der Waals surface area contributed by atoms with Crippen molar-refractivity contribution in [2.24, 2.45) is 11.7 Å². The minimum atomic E-state index is 0.210. The Bertz CT molecular complexity index is 474. The topological polar surface area (TPSA) is 82.0 Å². The molecule has 1 unspecified atom stereocenters. The summed E-state index contributed by atoms with van der Waals surface area (Å²) in [5, 5.41) is 11.4. The van der Waals surface area contributed by atoms with Crippen molar-refractivity contribution in [2.75, 3.05) is 0 Å². The molecule has 2 heterocycles. The number of hydrogen-bond acceptors (Lipinski definition) is 5. The number of nitrogens with zero attached hydrogens (tertiary/aromatic N) is 5. The molecule has 0 radical (unpaired) electrons. The van der Waals surface area contributed by atoms with Crippen LogP contribution in [-0.2, 0) is 6.42 Å². The Labute approximate surface area is 86.5 Å². The van der Waals surface area contributed by atoms with Gasteiger partial charge >= 0.3 is 0 Å². The second-order valence-electron chi connectivity index (χ2n) is 4.05. The van der Waals surface area contributed by atoms with Gasteiger partial charge in [0.15, 0.2) is 5.65 Å². The van der Waals surface area contributed by atoms with Crippen molar-refractivity contribution >= 4 is 5.65 Å². The van der Waals surface area contributed by atoms with E-state index in [1.165, 1.54) is 12.8 Å². The quantitative estimate of drug-likeness (QED) is 0.748. The Morgan fingerprint density at radius 2 is 2.33 bits per heavy atom. The second-order valence-corrected chi connectivity index (χ2v) is 4.05. The molecule has 6 nitrogen and oxygen atoms in total. The molecule has 2 aromatic rings. The average molecular weight is 204 g/mol. The second kappa shape index (κ2) is 3.23. The fourth-order valence-corrected chi connectivity index (χ4v) is 1.80. The highest BCUT2D eigenvalue weighted by Gasteiger charge is 2.29. The van der Waals surface area contributed by atoms with Crippen LogP contribution in [0.15, 0.2) is 12.4 Å². The van der Waals surface area contributed by atoms with E-state index < -0.39 is 0 Å². The van der Waals surface area contributed by atoms with Gasteiger partial charge in [0.05, 0.1) is 11.9 Å². The highest BCUT2D eigenvalue weighted by atomic mass is 15.5. The first-order valence-corrected chi connectivity index (χ1v) is 5.11.